The van der Waals surface area contributed by atoms with Crippen LogP contribution < -0.4 is 10.2 Å². The standard InChI is InChI=1S/C17H22N4O4/c1-19-6-7-25-16-10-20(9-15(16)19)13-5-2-11(8-14(13)21(23)24)17(22)18-12-3-4-12/h2,5,8,12,15-16H,3-4,6-7,9-10H2,1H3,(H,18,22). The molecule has 1 aromatic carbocycles. The van der Waals surface area contributed by atoms with Crippen molar-refractivity contribution in [1.29, 1.82) is 0 Å². The zero-order valence-electron chi connectivity index (χ0n) is 14.2. The van der Waals surface area contributed by atoms with Gasteiger partial charge in [-0.3, -0.25) is 19.8 Å². The number of rotatable bonds is 4. The Hall–Kier alpha value is -2.19. The van der Waals surface area contributed by atoms with Crippen molar-refractivity contribution in [3.8, 4) is 0 Å². The summed E-state index contributed by atoms with van der Waals surface area (Å²) in [5.74, 6) is -0.240. The molecule has 1 saturated carbocycles. The van der Waals surface area contributed by atoms with E-state index in [1.54, 1.807) is 12.1 Å². The fourth-order valence-corrected chi connectivity index (χ4v) is 3.63. The van der Waals surface area contributed by atoms with Crippen molar-refractivity contribution in [3.63, 3.8) is 0 Å². The van der Waals surface area contributed by atoms with Gasteiger partial charge in [-0.25, -0.2) is 0 Å². The molecule has 3 fully saturated rings. The summed E-state index contributed by atoms with van der Waals surface area (Å²) in [6, 6.07) is 5.22. The maximum absolute atomic E-state index is 12.2. The predicted octanol–water partition coefficient (Wildman–Crippen LogP) is 1.01. The number of carbonyl (C=O) groups excluding carboxylic acids is 1. The minimum Gasteiger partial charge on any atom is -0.373 e. The van der Waals surface area contributed by atoms with Gasteiger partial charge in [-0.1, -0.05) is 0 Å². The van der Waals surface area contributed by atoms with E-state index in [-0.39, 0.29) is 29.8 Å². The maximum Gasteiger partial charge on any atom is 0.293 e. The smallest absolute Gasteiger partial charge is 0.293 e. The molecule has 2 unspecified atom stereocenters. The van der Waals surface area contributed by atoms with Gasteiger partial charge in [0, 0.05) is 37.3 Å². The van der Waals surface area contributed by atoms with Crippen LogP contribution in [0.1, 0.15) is 23.2 Å². The van der Waals surface area contributed by atoms with E-state index in [4.69, 9.17) is 4.74 Å². The van der Waals surface area contributed by atoms with Crippen molar-refractivity contribution < 1.29 is 14.5 Å². The second-order valence-electron chi connectivity index (χ2n) is 7.07. The first kappa shape index (κ1) is 16.3. The first-order chi connectivity index (χ1) is 12.0. The highest BCUT2D eigenvalue weighted by molar-refractivity contribution is 5.96. The second kappa shape index (κ2) is 6.27. The van der Waals surface area contributed by atoms with Crippen molar-refractivity contribution >= 4 is 17.3 Å². The molecule has 0 radical (unpaired) electrons. The molecule has 25 heavy (non-hydrogen) atoms. The molecule has 2 saturated heterocycles. The van der Waals surface area contributed by atoms with Crippen LogP contribution >= 0.6 is 0 Å². The summed E-state index contributed by atoms with van der Waals surface area (Å²) in [4.78, 5) is 27.6. The number of morpholine rings is 1. The van der Waals surface area contributed by atoms with Crippen molar-refractivity contribution in [3.05, 3.63) is 33.9 Å². The van der Waals surface area contributed by atoms with Crippen molar-refractivity contribution in [2.75, 3.05) is 38.2 Å². The molecule has 4 rings (SSSR count). The van der Waals surface area contributed by atoms with Gasteiger partial charge in [0.05, 0.1) is 23.7 Å². The quantitative estimate of drug-likeness (QED) is 0.647. The number of ether oxygens (including phenoxy) is 1. The molecule has 8 heteroatoms. The van der Waals surface area contributed by atoms with E-state index in [0.29, 0.717) is 30.9 Å². The number of hydrogen-bond donors (Lipinski definition) is 1. The topological polar surface area (TPSA) is 88.0 Å². The molecule has 1 N–H and O–H groups in total. The van der Waals surface area contributed by atoms with E-state index in [1.807, 2.05) is 4.90 Å². The van der Waals surface area contributed by atoms with Gasteiger partial charge in [0.1, 0.15) is 5.69 Å². The number of nitrogens with one attached hydrogen (secondary N) is 1. The number of hydrogen-bond acceptors (Lipinski definition) is 6. The first-order valence-electron chi connectivity index (χ1n) is 8.69. The summed E-state index contributed by atoms with van der Waals surface area (Å²) in [5.41, 5.74) is 0.872. The number of fused-ring (bicyclic) bond motifs is 1. The van der Waals surface area contributed by atoms with Gasteiger partial charge in [0.2, 0.25) is 0 Å². The largest absolute Gasteiger partial charge is 0.373 e. The Labute approximate surface area is 145 Å². The molecular formula is C17H22N4O4. The molecule has 1 amide bonds. The van der Waals surface area contributed by atoms with Gasteiger partial charge in [-0.2, -0.15) is 0 Å². The van der Waals surface area contributed by atoms with Crippen LogP contribution in [0, 0.1) is 10.1 Å². The lowest BCUT2D eigenvalue weighted by Gasteiger charge is -2.33. The van der Waals surface area contributed by atoms with E-state index < -0.39 is 4.92 Å². The number of carbonyl (C=O) groups is 1. The van der Waals surface area contributed by atoms with E-state index in [9.17, 15) is 14.9 Å². The highest BCUT2D eigenvalue weighted by atomic mass is 16.6. The fourth-order valence-electron chi connectivity index (χ4n) is 3.63. The van der Waals surface area contributed by atoms with Crippen molar-refractivity contribution in [2.45, 2.75) is 31.0 Å². The van der Waals surface area contributed by atoms with Gasteiger partial charge >= 0.3 is 0 Å². The predicted molar refractivity (Wildman–Crippen MR) is 92.0 cm³/mol. The Morgan fingerprint density at radius 2 is 2.16 bits per heavy atom. The summed E-state index contributed by atoms with van der Waals surface area (Å²) >= 11 is 0. The lowest BCUT2D eigenvalue weighted by Crippen LogP contribution is -2.48. The number of amides is 1. The van der Waals surface area contributed by atoms with Gasteiger partial charge in [-0.05, 0) is 32.0 Å². The van der Waals surface area contributed by atoms with Crippen LogP contribution in [-0.4, -0.2) is 67.2 Å². The van der Waals surface area contributed by atoms with Gasteiger partial charge in [-0.15, -0.1) is 0 Å². The molecule has 0 aromatic heterocycles. The number of anilines is 1. The third-order valence-electron chi connectivity index (χ3n) is 5.27. The molecule has 0 bridgehead atoms. The van der Waals surface area contributed by atoms with Crippen molar-refractivity contribution in [1.82, 2.24) is 10.2 Å². The molecule has 134 valence electrons. The Balaban J connectivity index is 1.58. The Morgan fingerprint density at radius 3 is 2.84 bits per heavy atom. The minimum atomic E-state index is -0.407. The molecule has 1 aromatic rings. The average Bonchev–Trinajstić information content (AvgIpc) is 3.29. The molecule has 2 atom stereocenters. The van der Waals surface area contributed by atoms with Gasteiger partial charge in [0.25, 0.3) is 11.6 Å². The molecule has 3 aliphatic rings. The lowest BCUT2D eigenvalue weighted by atomic mass is 10.1. The van der Waals surface area contributed by atoms with Crippen LogP contribution in [0.4, 0.5) is 11.4 Å². The highest BCUT2D eigenvalue weighted by Gasteiger charge is 2.40. The maximum atomic E-state index is 12.2. The van der Waals surface area contributed by atoms with Crippen LogP contribution in [0.5, 0.6) is 0 Å². The van der Waals surface area contributed by atoms with Crippen LogP contribution in [0.15, 0.2) is 18.2 Å². The summed E-state index contributed by atoms with van der Waals surface area (Å²) in [6.07, 6.45) is 2.03. The van der Waals surface area contributed by atoms with E-state index in [0.717, 1.165) is 19.4 Å². The molecule has 2 heterocycles. The number of nitro groups is 1. The normalized spacial score (nSPS) is 26.4. The van der Waals surface area contributed by atoms with Gasteiger partial charge in [0.15, 0.2) is 0 Å². The SMILES string of the molecule is CN1CCOC2CN(c3ccc(C(=O)NC4CC4)cc3[N+](=O)[O-])CC21. The second-order valence-corrected chi connectivity index (χ2v) is 7.07. The average molecular weight is 346 g/mol. The minimum absolute atomic E-state index is 0.0234. The van der Waals surface area contributed by atoms with Crippen LogP contribution in [-0.2, 0) is 4.74 Å². The summed E-state index contributed by atoms with van der Waals surface area (Å²) in [5, 5.41) is 14.4. The Kier molecular flexibility index (Phi) is 4.09. The summed E-state index contributed by atoms with van der Waals surface area (Å²) < 4.78 is 5.82. The first-order valence-corrected chi connectivity index (χ1v) is 8.69. The molecule has 2 aliphatic heterocycles. The van der Waals surface area contributed by atoms with Crippen LogP contribution in [0.25, 0.3) is 0 Å². The monoisotopic (exact) mass is 346 g/mol. The zero-order chi connectivity index (χ0) is 17.6. The summed E-state index contributed by atoms with van der Waals surface area (Å²) in [6.45, 7) is 2.88. The molecule has 1 aliphatic carbocycles. The number of nitro benzene ring substituents is 1. The molecule has 8 nitrogen and oxygen atoms in total. The lowest BCUT2D eigenvalue weighted by molar-refractivity contribution is -0.384. The summed E-state index contributed by atoms with van der Waals surface area (Å²) in [7, 11) is 2.06. The Morgan fingerprint density at radius 1 is 1.36 bits per heavy atom. The van der Waals surface area contributed by atoms with E-state index in [2.05, 4.69) is 17.3 Å². The molecule has 0 spiro atoms. The number of likely N-dealkylation sites (N-methyl/N-ethyl adjacent to an activating group) is 1. The molecular weight excluding hydrogens is 324 g/mol. The number of benzene rings is 1. The van der Waals surface area contributed by atoms with E-state index in [1.165, 1.54) is 6.07 Å². The van der Waals surface area contributed by atoms with Crippen molar-refractivity contribution in [2.24, 2.45) is 0 Å². The van der Waals surface area contributed by atoms with Crippen LogP contribution in [0.3, 0.4) is 0 Å². The fraction of sp³-hybridized carbons (Fsp3) is 0.588. The zero-order valence-corrected chi connectivity index (χ0v) is 14.2. The van der Waals surface area contributed by atoms with Crippen LogP contribution in [0.2, 0.25) is 0 Å². The third kappa shape index (κ3) is 3.19. The Bertz CT molecular complexity index is 706. The van der Waals surface area contributed by atoms with E-state index >= 15 is 0 Å². The number of nitrogens with zero attached hydrogens (tertiary/aromatic N) is 3. The van der Waals surface area contributed by atoms with Gasteiger partial charge < -0.3 is 15.0 Å². The third-order valence-corrected chi connectivity index (χ3v) is 5.27. The highest BCUT2D eigenvalue weighted by Crippen LogP contribution is 2.34.